The summed E-state index contributed by atoms with van der Waals surface area (Å²) in [6.45, 7) is 5.12. The van der Waals surface area contributed by atoms with Crippen LogP contribution in [0.15, 0.2) is 0 Å². The molecule has 0 bridgehead atoms. The molecule has 0 aromatic carbocycles. The third kappa shape index (κ3) is 4.90. The number of rotatable bonds is 4. The average Bonchev–Trinajstić information content (AvgIpc) is 2.28. The molecule has 0 aromatic rings. The Morgan fingerprint density at radius 3 is 2.15 bits per heavy atom. The van der Waals surface area contributed by atoms with Crippen LogP contribution in [0.2, 0.25) is 0 Å². The van der Waals surface area contributed by atoms with Gasteiger partial charge < -0.3 is 11.1 Å². The zero-order valence-corrected chi connectivity index (χ0v) is 14.2. The number of hydrogen-bond acceptors (Lipinski definition) is 4. The number of sulfone groups is 1. The van der Waals surface area contributed by atoms with E-state index in [1.165, 1.54) is 0 Å². The van der Waals surface area contributed by atoms with Gasteiger partial charge in [-0.3, -0.25) is 4.79 Å². The first-order chi connectivity index (χ1) is 8.58. The van der Waals surface area contributed by atoms with Gasteiger partial charge in [-0.2, -0.15) is 0 Å². The highest BCUT2D eigenvalue weighted by atomic mass is 35.5. The van der Waals surface area contributed by atoms with E-state index in [2.05, 4.69) is 5.32 Å². The number of carbonyl (C=O) groups excluding carboxylic acids is 1. The van der Waals surface area contributed by atoms with Crippen LogP contribution in [-0.2, 0) is 14.6 Å². The summed E-state index contributed by atoms with van der Waals surface area (Å²) in [5.41, 5.74) is 5.27. The van der Waals surface area contributed by atoms with Crippen molar-refractivity contribution in [3.8, 4) is 0 Å². The molecule has 3 N–H and O–H groups in total. The van der Waals surface area contributed by atoms with E-state index in [0.717, 1.165) is 19.3 Å². The van der Waals surface area contributed by atoms with Gasteiger partial charge >= 0.3 is 0 Å². The van der Waals surface area contributed by atoms with Crippen molar-refractivity contribution in [2.45, 2.75) is 63.2 Å². The minimum absolute atomic E-state index is 0. The van der Waals surface area contributed by atoms with E-state index in [-0.39, 0.29) is 30.6 Å². The third-order valence-corrected chi connectivity index (χ3v) is 6.39. The van der Waals surface area contributed by atoms with Gasteiger partial charge in [0.1, 0.15) is 0 Å². The van der Waals surface area contributed by atoms with E-state index < -0.39 is 20.1 Å². The van der Waals surface area contributed by atoms with Gasteiger partial charge in [-0.05, 0) is 33.6 Å². The largest absolute Gasteiger partial charge is 0.353 e. The van der Waals surface area contributed by atoms with Gasteiger partial charge in [-0.1, -0.05) is 19.3 Å². The predicted octanol–water partition coefficient (Wildman–Crippen LogP) is 1.40. The number of halogens is 1. The standard InChI is InChI=1S/C13H26N2O3S.ClH/c1-12(2,3)19(17,18)10-9-15-11(16)13(14)7-5-4-6-8-13;/h4-10,14H2,1-3H3,(H,15,16);1H. The van der Waals surface area contributed by atoms with Crippen molar-refractivity contribution in [1.29, 1.82) is 0 Å². The van der Waals surface area contributed by atoms with Crippen molar-refractivity contribution in [2.75, 3.05) is 12.3 Å². The minimum Gasteiger partial charge on any atom is -0.353 e. The van der Waals surface area contributed by atoms with Crippen molar-refractivity contribution in [2.24, 2.45) is 5.73 Å². The van der Waals surface area contributed by atoms with Crippen molar-refractivity contribution in [1.82, 2.24) is 5.32 Å². The molecule has 20 heavy (non-hydrogen) atoms. The zero-order valence-electron chi connectivity index (χ0n) is 12.6. The monoisotopic (exact) mass is 326 g/mol. The fourth-order valence-corrected chi connectivity index (χ4v) is 3.17. The molecular formula is C13H27ClN2O3S. The highest BCUT2D eigenvalue weighted by Gasteiger charge is 2.35. The Hall–Kier alpha value is -0.330. The zero-order chi connectivity index (χ0) is 14.7. The molecule has 1 rings (SSSR count). The molecule has 0 radical (unpaired) electrons. The van der Waals surface area contributed by atoms with Crippen LogP contribution in [0.5, 0.6) is 0 Å². The predicted molar refractivity (Wildman–Crippen MR) is 83.8 cm³/mol. The fourth-order valence-electron chi connectivity index (χ4n) is 2.19. The van der Waals surface area contributed by atoms with Gasteiger partial charge in [0.25, 0.3) is 0 Å². The summed E-state index contributed by atoms with van der Waals surface area (Å²) in [5, 5.41) is 2.68. The maximum Gasteiger partial charge on any atom is 0.240 e. The molecular weight excluding hydrogens is 300 g/mol. The van der Waals surface area contributed by atoms with Crippen LogP contribution in [0.4, 0.5) is 0 Å². The number of hydrogen-bond donors (Lipinski definition) is 2. The molecule has 0 aromatic heterocycles. The first kappa shape index (κ1) is 19.7. The lowest BCUT2D eigenvalue weighted by molar-refractivity contribution is -0.127. The Kier molecular flexibility index (Phi) is 6.97. The highest BCUT2D eigenvalue weighted by molar-refractivity contribution is 7.92. The first-order valence-electron chi connectivity index (χ1n) is 6.88. The van der Waals surface area contributed by atoms with E-state index in [1.807, 2.05) is 0 Å². The van der Waals surface area contributed by atoms with Crippen molar-refractivity contribution >= 4 is 28.2 Å². The van der Waals surface area contributed by atoms with Gasteiger partial charge in [-0.15, -0.1) is 12.4 Å². The number of nitrogens with one attached hydrogen (secondary N) is 1. The smallest absolute Gasteiger partial charge is 0.240 e. The lowest BCUT2D eigenvalue weighted by atomic mass is 9.82. The molecule has 1 saturated carbocycles. The fraction of sp³-hybridized carbons (Fsp3) is 0.923. The van der Waals surface area contributed by atoms with Crippen molar-refractivity contribution in [3.63, 3.8) is 0 Å². The normalized spacial score (nSPS) is 19.0. The quantitative estimate of drug-likeness (QED) is 0.817. The molecule has 0 saturated heterocycles. The second-order valence-corrected chi connectivity index (χ2v) is 9.27. The average molecular weight is 327 g/mol. The van der Waals surface area contributed by atoms with E-state index in [0.29, 0.717) is 12.8 Å². The maximum absolute atomic E-state index is 12.0. The molecule has 7 heteroatoms. The Morgan fingerprint density at radius 1 is 1.20 bits per heavy atom. The molecule has 5 nitrogen and oxygen atoms in total. The molecule has 0 spiro atoms. The second kappa shape index (κ2) is 7.09. The summed E-state index contributed by atoms with van der Waals surface area (Å²) >= 11 is 0. The molecule has 1 amide bonds. The van der Waals surface area contributed by atoms with Crippen molar-refractivity contribution in [3.05, 3.63) is 0 Å². The molecule has 0 heterocycles. The van der Waals surface area contributed by atoms with E-state index >= 15 is 0 Å². The Labute approximate surface area is 128 Å². The van der Waals surface area contributed by atoms with Gasteiger partial charge in [0.2, 0.25) is 5.91 Å². The topological polar surface area (TPSA) is 89.3 Å². The minimum atomic E-state index is -3.20. The van der Waals surface area contributed by atoms with E-state index in [9.17, 15) is 13.2 Å². The molecule has 0 atom stereocenters. The van der Waals surface area contributed by atoms with E-state index in [4.69, 9.17) is 5.73 Å². The highest BCUT2D eigenvalue weighted by Crippen LogP contribution is 2.25. The summed E-state index contributed by atoms with van der Waals surface area (Å²) in [5.74, 6) is -0.255. The van der Waals surface area contributed by atoms with Gasteiger partial charge in [0.05, 0.1) is 16.0 Å². The van der Waals surface area contributed by atoms with Crippen LogP contribution in [0.25, 0.3) is 0 Å². The summed E-state index contributed by atoms with van der Waals surface area (Å²) in [4.78, 5) is 12.0. The molecule has 1 fully saturated rings. The summed E-state index contributed by atoms with van der Waals surface area (Å²) < 4.78 is 23.0. The number of carbonyl (C=O) groups is 1. The molecule has 0 unspecified atom stereocenters. The Bertz CT molecular complexity index is 423. The van der Waals surface area contributed by atoms with Gasteiger partial charge in [0.15, 0.2) is 9.84 Å². The van der Waals surface area contributed by atoms with Crippen LogP contribution >= 0.6 is 12.4 Å². The second-order valence-electron chi connectivity index (χ2n) is 6.40. The van der Waals surface area contributed by atoms with Crippen LogP contribution in [0.1, 0.15) is 52.9 Å². The first-order valence-corrected chi connectivity index (χ1v) is 8.53. The van der Waals surface area contributed by atoms with E-state index in [1.54, 1.807) is 20.8 Å². The number of amides is 1. The van der Waals surface area contributed by atoms with Crippen molar-refractivity contribution < 1.29 is 13.2 Å². The lowest BCUT2D eigenvalue weighted by Crippen LogP contribution is -2.55. The van der Waals surface area contributed by atoms with Gasteiger partial charge in [0, 0.05) is 6.54 Å². The lowest BCUT2D eigenvalue weighted by Gasteiger charge is -2.32. The summed E-state index contributed by atoms with van der Waals surface area (Å²) in [6.07, 6.45) is 4.41. The molecule has 0 aliphatic heterocycles. The maximum atomic E-state index is 12.0. The van der Waals surface area contributed by atoms with Crippen LogP contribution in [0, 0.1) is 0 Å². The SMILES string of the molecule is CC(C)(C)S(=O)(=O)CCNC(=O)C1(N)CCCCC1.Cl. The molecule has 1 aliphatic rings. The van der Waals surface area contributed by atoms with Crippen LogP contribution < -0.4 is 11.1 Å². The summed E-state index contributed by atoms with van der Waals surface area (Å²) in [7, 11) is -3.20. The molecule has 1 aliphatic carbocycles. The Balaban J connectivity index is 0.00000361. The summed E-state index contributed by atoms with van der Waals surface area (Å²) in [6, 6.07) is 0. The van der Waals surface area contributed by atoms with Crippen LogP contribution in [-0.4, -0.2) is 36.9 Å². The van der Waals surface area contributed by atoms with Gasteiger partial charge in [-0.25, -0.2) is 8.42 Å². The third-order valence-electron chi connectivity index (χ3n) is 3.79. The Morgan fingerprint density at radius 2 is 1.70 bits per heavy atom. The van der Waals surface area contributed by atoms with Crippen LogP contribution in [0.3, 0.4) is 0 Å². The number of nitrogens with two attached hydrogens (primary N) is 1. The molecule has 120 valence electrons.